The van der Waals surface area contributed by atoms with Crippen molar-refractivity contribution in [1.82, 2.24) is 15.1 Å². The largest absolute Gasteiger partial charge is 0.383 e. The summed E-state index contributed by atoms with van der Waals surface area (Å²) in [5.74, 6) is -0.278. The third-order valence-corrected chi connectivity index (χ3v) is 4.14. The van der Waals surface area contributed by atoms with E-state index in [1.165, 1.54) is 4.68 Å². The molecule has 1 aromatic heterocycles. The van der Waals surface area contributed by atoms with Crippen LogP contribution in [0.25, 0.3) is 10.8 Å². The molecule has 0 aliphatic carbocycles. The lowest BCUT2D eigenvalue weighted by molar-refractivity contribution is 0.0950. The van der Waals surface area contributed by atoms with E-state index in [0.29, 0.717) is 40.7 Å². The topological polar surface area (TPSA) is 97.0 Å². The summed E-state index contributed by atoms with van der Waals surface area (Å²) in [4.78, 5) is 24.9. The Hall–Kier alpha value is -3.50. The first kappa shape index (κ1) is 18.3. The van der Waals surface area contributed by atoms with Gasteiger partial charge in [-0.3, -0.25) is 9.59 Å². The molecule has 0 saturated carbocycles. The molecule has 0 bridgehead atoms. The Kier molecular flexibility index (Phi) is 5.59. The van der Waals surface area contributed by atoms with Gasteiger partial charge in [0.1, 0.15) is 0 Å². The first-order chi connectivity index (χ1) is 13.1. The van der Waals surface area contributed by atoms with Crippen LogP contribution in [0.15, 0.2) is 53.3 Å². The second kappa shape index (κ2) is 8.25. The zero-order valence-electron chi connectivity index (χ0n) is 14.8. The number of fused-ring (bicyclic) bond motifs is 1. The summed E-state index contributed by atoms with van der Waals surface area (Å²) in [6.45, 7) is 0.867. The van der Waals surface area contributed by atoms with Crippen LogP contribution >= 0.6 is 0 Å². The molecule has 0 atom stereocenters. The molecule has 1 amide bonds. The summed E-state index contributed by atoms with van der Waals surface area (Å²) >= 11 is 0. The van der Waals surface area contributed by atoms with Gasteiger partial charge in [-0.15, -0.1) is 0 Å². The Morgan fingerprint density at radius 1 is 1.19 bits per heavy atom. The highest BCUT2D eigenvalue weighted by molar-refractivity contribution is 5.94. The van der Waals surface area contributed by atoms with Crippen molar-refractivity contribution < 1.29 is 9.53 Å². The van der Waals surface area contributed by atoms with E-state index in [0.717, 1.165) is 0 Å². The normalized spacial score (nSPS) is 10.5. The molecule has 3 aromatic rings. The number of benzene rings is 2. The summed E-state index contributed by atoms with van der Waals surface area (Å²) in [6, 6.07) is 15.6. The molecule has 0 fully saturated rings. The summed E-state index contributed by atoms with van der Waals surface area (Å²) in [5, 5.41) is 17.3. The maximum atomic E-state index is 12.5. The lowest BCUT2D eigenvalue weighted by Crippen LogP contribution is -2.29. The SMILES string of the molecule is COCCn1nc(CNC(=O)c2ccc(C#N)cc2)c2ccccc2c1=O. The van der Waals surface area contributed by atoms with Gasteiger partial charge in [-0.25, -0.2) is 4.68 Å². The van der Waals surface area contributed by atoms with E-state index in [1.807, 2.05) is 18.2 Å². The van der Waals surface area contributed by atoms with Crippen molar-refractivity contribution in [2.75, 3.05) is 13.7 Å². The second-order valence-electron chi connectivity index (χ2n) is 5.89. The first-order valence-electron chi connectivity index (χ1n) is 8.40. The second-order valence-corrected chi connectivity index (χ2v) is 5.89. The van der Waals surface area contributed by atoms with Crippen LogP contribution < -0.4 is 10.9 Å². The number of ether oxygens (including phenoxy) is 1. The van der Waals surface area contributed by atoms with Crippen LogP contribution in [-0.4, -0.2) is 29.4 Å². The van der Waals surface area contributed by atoms with Crippen LogP contribution in [0.4, 0.5) is 0 Å². The zero-order chi connectivity index (χ0) is 19.2. The van der Waals surface area contributed by atoms with E-state index >= 15 is 0 Å². The van der Waals surface area contributed by atoms with Crippen molar-refractivity contribution in [1.29, 1.82) is 5.26 Å². The molecule has 0 aliphatic rings. The summed E-state index contributed by atoms with van der Waals surface area (Å²) in [6.07, 6.45) is 0. The first-order valence-corrected chi connectivity index (χ1v) is 8.40. The minimum atomic E-state index is -0.278. The van der Waals surface area contributed by atoms with Gasteiger partial charge < -0.3 is 10.1 Å². The van der Waals surface area contributed by atoms with Gasteiger partial charge in [0.25, 0.3) is 11.5 Å². The summed E-state index contributed by atoms with van der Waals surface area (Å²) in [7, 11) is 1.56. The maximum Gasteiger partial charge on any atom is 0.274 e. The number of carbonyl (C=O) groups is 1. The fourth-order valence-electron chi connectivity index (χ4n) is 2.73. The van der Waals surface area contributed by atoms with Crippen molar-refractivity contribution in [3.63, 3.8) is 0 Å². The van der Waals surface area contributed by atoms with Gasteiger partial charge in [0, 0.05) is 18.1 Å². The fraction of sp³-hybridized carbons (Fsp3) is 0.200. The smallest absolute Gasteiger partial charge is 0.274 e. The van der Waals surface area contributed by atoms with Crippen molar-refractivity contribution in [2.24, 2.45) is 0 Å². The lowest BCUT2D eigenvalue weighted by Gasteiger charge is -2.11. The van der Waals surface area contributed by atoms with E-state index in [4.69, 9.17) is 10.00 Å². The molecule has 1 heterocycles. The van der Waals surface area contributed by atoms with Crippen LogP contribution in [0.3, 0.4) is 0 Å². The van der Waals surface area contributed by atoms with E-state index in [2.05, 4.69) is 10.4 Å². The minimum absolute atomic E-state index is 0.173. The number of carbonyl (C=O) groups excluding carboxylic acids is 1. The molecule has 0 saturated heterocycles. The van der Waals surface area contributed by atoms with Crippen LogP contribution in [-0.2, 0) is 17.8 Å². The molecule has 0 unspecified atom stereocenters. The van der Waals surface area contributed by atoms with Crippen LogP contribution in [0.1, 0.15) is 21.6 Å². The van der Waals surface area contributed by atoms with Gasteiger partial charge >= 0.3 is 0 Å². The number of nitriles is 1. The zero-order valence-corrected chi connectivity index (χ0v) is 14.8. The third-order valence-electron chi connectivity index (χ3n) is 4.14. The molecule has 2 aromatic carbocycles. The molecule has 136 valence electrons. The van der Waals surface area contributed by atoms with Crippen LogP contribution in [0.2, 0.25) is 0 Å². The van der Waals surface area contributed by atoms with Gasteiger partial charge in [0.15, 0.2) is 0 Å². The fourth-order valence-corrected chi connectivity index (χ4v) is 2.73. The number of hydrogen-bond donors (Lipinski definition) is 1. The standard InChI is InChI=1S/C20H18N4O3/c1-27-11-10-24-20(26)17-5-3-2-4-16(17)18(23-24)13-22-19(25)15-8-6-14(12-21)7-9-15/h2-9H,10-11,13H2,1H3,(H,22,25). The minimum Gasteiger partial charge on any atom is -0.383 e. The number of nitrogens with one attached hydrogen (secondary N) is 1. The summed E-state index contributed by atoms with van der Waals surface area (Å²) in [5.41, 5.74) is 1.35. The predicted octanol–water partition coefficient (Wildman–Crippen LogP) is 1.84. The molecule has 27 heavy (non-hydrogen) atoms. The van der Waals surface area contributed by atoms with Crippen molar-refractivity contribution in [3.05, 3.63) is 75.7 Å². The van der Waals surface area contributed by atoms with Crippen molar-refractivity contribution >= 4 is 16.7 Å². The highest BCUT2D eigenvalue weighted by atomic mass is 16.5. The molecule has 0 radical (unpaired) electrons. The summed E-state index contributed by atoms with van der Waals surface area (Å²) < 4.78 is 6.39. The van der Waals surface area contributed by atoms with Gasteiger partial charge in [-0.05, 0) is 30.3 Å². The van der Waals surface area contributed by atoms with Gasteiger partial charge in [-0.1, -0.05) is 18.2 Å². The number of nitrogens with zero attached hydrogens (tertiary/aromatic N) is 3. The van der Waals surface area contributed by atoms with E-state index in [-0.39, 0.29) is 18.0 Å². The predicted molar refractivity (Wildman–Crippen MR) is 100 cm³/mol. The Morgan fingerprint density at radius 3 is 2.56 bits per heavy atom. The number of amides is 1. The molecule has 3 rings (SSSR count). The van der Waals surface area contributed by atoms with Crippen LogP contribution in [0, 0.1) is 11.3 Å². The Labute approximate surface area is 155 Å². The molecule has 0 aliphatic heterocycles. The van der Waals surface area contributed by atoms with E-state index < -0.39 is 0 Å². The number of rotatable bonds is 6. The highest BCUT2D eigenvalue weighted by Crippen LogP contribution is 2.13. The third kappa shape index (κ3) is 4.02. The van der Waals surface area contributed by atoms with E-state index in [1.54, 1.807) is 43.5 Å². The lowest BCUT2D eigenvalue weighted by atomic mass is 10.1. The monoisotopic (exact) mass is 362 g/mol. The van der Waals surface area contributed by atoms with Crippen LogP contribution in [0.5, 0.6) is 0 Å². The van der Waals surface area contributed by atoms with Crippen molar-refractivity contribution in [2.45, 2.75) is 13.1 Å². The van der Waals surface area contributed by atoms with E-state index in [9.17, 15) is 9.59 Å². The molecular weight excluding hydrogens is 344 g/mol. The molecule has 7 heteroatoms. The van der Waals surface area contributed by atoms with Gasteiger partial charge in [0.05, 0.1) is 42.4 Å². The molecule has 0 spiro atoms. The van der Waals surface area contributed by atoms with Crippen molar-refractivity contribution in [3.8, 4) is 6.07 Å². The number of hydrogen-bond acceptors (Lipinski definition) is 5. The molecule has 1 N–H and O–H groups in total. The average molecular weight is 362 g/mol. The van der Waals surface area contributed by atoms with Gasteiger partial charge in [0.2, 0.25) is 0 Å². The Balaban J connectivity index is 1.87. The van der Waals surface area contributed by atoms with Gasteiger partial charge in [-0.2, -0.15) is 10.4 Å². The highest BCUT2D eigenvalue weighted by Gasteiger charge is 2.12. The molecule has 7 nitrogen and oxygen atoms in total. The average Bonchev–Trinajstić information content (AvgIpc) is 2.72. The maximum absolute atomic E-state index is 12.5. The molecular formula is C20H18N4O3. The Bertz CT molecular complexity index is 1070. The number of aromatic nitrogens is 2. The number of methoxy groups -OCH3 is 1. The Morgan fingerprint density at radius 2 is 1.89 bits per heavy atom. The quantitative estimate of drug-likeness (QED) is 0.722.